The molecule has 6 nitrogen and oxygen atoms in total. The Hall–Kier alpha value is -2.11. The summed E-state index contributed by atoms with van der Waals surface area (Å²) in [7, 11) is 0. The smallest absolute Gasteiger partial charge is 0.254 e. The Balaban J connectivity index is 1.68. The van der Waals surface area contributed by atoms with Crippen molar-refractivity contribution in [2.75, 3.05) is 19.6 Å². The summed E-state index contributed by atoms with van der Waals surface area (Å²) < 4.78 is 0. The quantitative estimate of drug-likeness (QED) is 0.763. The lowest BCUT2D eigenvalue weighted by Crippen LogP contribution is -2.44. The molecule has 0 radical (unpaired) electrons. The van der Waals surface area contributed by atoms with Crippen molar-refractivity contribution in [2.24, 2.45) is 5.41 Å². The Morgan fingerprint density at radius 1 is 1.25 bits per heavy atom. The predicted octanol–water partition coefficient (Wildman–Crippen LogP) is 0.117. The molecular weight excluding hydrogens is 258 g/mol. The van der Waals surface area contributed by atoms with E-state index in [2.05, 4.69) is 10.3 Å². The molecule has 1 aromatic rings. The number of pyridine rings is 1. The Morgan fingerprint density at radius 3 is 2.60 bits per heavy atom. The number of nitrogens with one attached hydrogen (secondary N) is 2. The number of carbonyl (C=O) groups is 2. The molecule has 2 fully saturated rings. The molecule has 6 heteroatoms. The van der Waals surface area contributed by atoms with Crippen molar-refractivity contribution >= 4 is 11.8 Å². The van der Waals surface area contributed by atoms with Gasteiger partial charge in [-0.1, -0.05) is 0 Å². The second-order valence-electron chi connectivity index (χ2n) is 5.69. The summed E-state index contributed by atoms with van der Waals surface area (Å²) in [4.78, 5) is 39.2. The molecule has 0 unspecified atom stereocenters. The van der Waals surface area contributed by atoms with Crippen LogP contribution in [-0.2, 0) is 4.79 Å². The maximum atomic E-state index is 12.3. The predicted molar refractivity (Wildman–Crippen MR) is 72.3 cm³/mol. The van der Waals surface area contributed by atoms with Gasteiger partial charge in [0.05, 0.1) is 0 Å². The molecule has 0 atom stereocenters. The van der Waals surface area contributed by atoms with Gasteiger partial charge in [-0.2, -0.15) is 0 Å². The van der Waals surface area contributed by atoms with E-state index in [0.29, 0.717) is 25.1 Å². The van der Waals surface area contributed by atoms with Gasteiger partial charge in [-0.3, -0.25) is 14.4 Å². The van der Waals surface area contributed by atoms with Gasteiger partial charge in [0.2, 0.25) is 11.5 Å². The molecule has 1 spiro atoms. The van der Waals surface area contributed by atoms with Gasteiger partial charge in [0.15, 0.2) is 0 Å². The van der Waals surface area contributed by atoms with Crippen LogP contribution in [0.1, 0.15) is 29.6 Å². The van der Waals surface area contributed by atoms with Gasteiger partial charge < -0.3 is 15.2 Å². The van der Waals surface area contributed by atoms with Gasteiger partial charge in [0, 0.05) is 43.9 Å². The molecule has 2 N–H and O–H groups in total. The molecule has 2 aliphatic rings. The Labute approximate surface area is 116 Å². The van der Waals surface area contributed by atoms with Gasteiger partial charge in [-0.05, 0) is 24.3 Å². The normalized spacial score (nSPS) is 21.0. The van der Waals surface area contributed by atoms with E-state index in [1.165, 1.54) is 12.3 Å². The highest BCUT2D eigenvalue weighted by Crippen LogP contribution is 2.37. The molecule has 1 aromatic heterocycles. The number of piperidine rings is 1. The zero-order valence-electron chi connectivity index (χ0n) is 11.1. The largest absolute Gasteiger partial charge is 0.356 e. The van der Waals surface area contributed by atoms with Gasteiger partial charge in [0.1, 0.15) is 0 Å². The second kappa shape index (κ2) is 4.77. The van der Waals surface area contributed by atoms with Crippen LogP contribution in [-0.4, -0.2) is 41.3 Å². The minimum absolute atomic E-state index is 0.0298. The van der Waals surface area contributed by atoms with Crippen LogP contribution in [0.2, 0.25) is 0 Å². The topological polar surface area (TPSA) is 82.3 Å². The number of hydrogen-bond acceptors (Lipinski definition) is 3. The van der Waals surface area contributed by atoms with E-state index >= 15 is 0 Å². The molecule has 2 amide bonds. The Morgan fingerprint density at radius 2 is 2.00 bits per heavy atom. The summed E-state index contributed by atoms with van der Waals surface area (Å²) in [5.41, 5.74) is 0.183. The van der Waals surface area contributed by atoms with Crippen LogP contribution < -0.4 is 10.9 Å². The molecule has 20 heavy (non-hydrogen) atoms. The third kappa shape index (κ3) is 2.33. The van der Waals surface area contributed by atoms with E-state index in [-0.39, 0.29) is 22.8 Å². The number of nitrogens with zero attached hydrogens (tertiary/aromatic N) is 1. The average molecular weight is 275 g/mol. The van der Waals surface area contributed by atoms with Crippen molar-refractivity contribution in [3.63, 3.8) is 0 Å². The number of amides is 2. The van der Waals surface area contributed by atoms with Crippen molar-refractivity contribution in [3.8, 4) is 0 Å². The third-order valence-corrected chi connectivity index (χ3v) is 4.33. The summed E-state index contributed by atoms with van der Waals surface area (Å²) in [5, 5.41) is 2.88. The first-order valence-corrected chi connectivity index (χ1v) is 6.83. The van der Waals surface area contributed by atoms with Crippen molar-refractivity contribution in [2.45, 2.75) is 19.3 Å². The van der Waals surface area contributed by atoms with Gasteiger partial charge in [-0.15, -0.1) is 0 Å². The van der Waals surface area contributed by atoms with Crippen LogP contribution in [0.25, 0.3) is 0 Å². The van der Waals surface area contributed by atoms with E-state index in [9.17, 15) is 14.4 Å². The van der Waals surface area contributed by atoms with Crippen LogP contribution in [0.4, 0.5) is 0 Å². The van der Waals surface area contributed by atoms with Crippen LogP contribution in [0.3, 0.4) is 0 Å². The number of aromatic nitrogens is 1. The van der Waals surface area contributed by atoms with Crippen molar-refractivity contribution in [1.29, 1.82) is 0 Å². The van der Waals surface area contributed by atoms with E-state index < -0.39 is 0 Å². The number of aromatic amines is 1. The minimum atomic E-state index is -0.269. The fourth-order valence-electron chi connectivity index (χ4n) is 3.05. The van der Waals surface area contributed by atoms with E-state index in [4.69, 9.17) is 0 Å². The number of hydrogen-bond donors (Lipinski definition) is 2. The molecule has 0 saturated carbocycles. The highest BCUT2D eigenvalue weighted by atomic mass is 16.2. The number of carbonyl (C=O) groups excluding carboxylic acids is 2. The molecule has 106 valence electrons. The monoisotopic (exact) mass is 275 g/mol. The summed E-state index contributed by atoms with van der Waals surface area (Å²) in [6.45, 7) is 2.00. The van der Waals surface area contributed by atoms with Gasteiger partial charge >= 0.3 is 0 Å². The number of rotatable bonds is 1. The zero-order valence-corrected chi connectivity index (χ0v) is 11.1. The van der Waals surface area contributed by atoms with E-state index in [1.807, 2.05) is 0 Å². The van der Waals surface area contributed by atoms with Crippen molar-refractivity contribution in [1.82, 2.24) is 15.2 Å². The first kappa shape index (κ1) is 12.9. The maximum Gasteiger partial charge on any atom is 0.254 e. The van der Waals surface area contributed by atoms with Crippen molar-refractivity contribution < 1.29 is 9.59 Å². The molecule has 2 saturated heterocycles. The van der Waals surface area contributed by atoms with Gasteiger partial charge in [-0.25, -0.2) is 0 Å². The number of likely N-dealkylation sites (tertiary alicyclic amines) is 1. The molecule has 0 aliphatic carbocycles. The van der Waals surface area contributed by atoms with Crippen LogP contribution in [0, 0.1) is 5.41 Å². The standard InChI is InChI=1S/C14H17N3O3/c18-11-7-10(1-4-15-11)13(20)17-5-2-14(3-6-17)8-12(19)16-9-14/h1,4,7H,2-3,5-6,8-9H2,(H,15,18)(H,16,19). The summed E-state index contributed by atoms with van der Waals surface area (Å²) in [6.07, 6.45) is 3.72. The van der Waals surface area contributed by atoms with E-state index in [1.54, 1.807) is 11.0 Å². The average Bonchev–Trinajstić information content (AvgIpc) is 2.80. The van der Waals surface area contributed by atoms with Crippen LogP contribution >= 0.6 is 0 Å². The fraction of sp³-hybridized carbons (Fsp3) is 0.500. The fourth-order valence-corrected chi connectivity index (χ4v) is 3.05. The minimum Gasteiger partial charge on any atom is -0.356 e. The van der Waals surface area contributed by atoms with E-state index in [0.717, 1.165) is 19.4 Å². The molecule has 0 bridgehead atoms. The molecule has 2 aliphatic heterocycles. The highest BCUT2D eigenvalue weighted by molar-refractivity contribution is 5.94. The van der Waals surface area contributed by atoms with Crippen LogP contribution in [0.15, 0.2) is 23.1 Å². The lowest BCUT2D eigenvalue weighted by molar-refractivity contribution is -0.119. The summed E-state index contributed by atoms with van der Waals surface area (Å²) >= 11 is 0. The SMILES string of the molecule is O=C1CC2(CCN(C(=O)c3cc[nH]c(=O)c3)CC2)CN1. The molecular formula is C14H17N3O3. The lowest BCUT2D eigenvalue weighted by Gasteiger charge is -2.38. The third-order valence-electron chi connectivity index (χ3n) is 4.33. The summed E-state index contributed by atoms with van der Waals surface area (Å²) in [6, 6.07) is 2.95. The maximum absolute atomic E-state index is 12.3. The molecule has 3 rings (SSSR count). The summed E-state index contributed by atoms with van der Waals surface area (Å²) in [5.74, 6) is 0.00241. The Bertz CT molecular complexity index is 600. The lowest BCUT2D eigenvalue weighted by atomic mass is 9.77. The van der Waals surface area contributed by atoms with Gasteiger partial charge in [0.25, 0.3) is 5.91 Å². The Kier molecular flexibility index (Phi) is 3.08. The van der Waals surface area contributed by atoms with Crippen molar-refractivity contribution in [3.05, 3.63) is 34.2 Å². The van der Waals surface area contributed by atoms with Crippen LogP contribution in [0.5, 0.6) is 0 Å². The zero-order chi connectivity index (χ0) is 14.2. The number of H-pyrrole nitrogens is 1. The highest BCUT2D eigenvalue weighted by Gasteiger charge is 2.41. The molecule has 0 aromatic carbocycles. The second-order valence-corrected chi connectivity index (χ2v) is 5.69. The first-order chi connectivity index (χ1) is 9.58. The first-order valence-electron chi connectivity index (χ1n) is 6.83. The molecule has 3 heterocycles.